The van der Waals surface area contributed by atoms with Gasteiger partial charge in [0.15, 0.2) is 5.11 Å². The van der Waals surface area contributed by atoms with Crippen molar-refractivity contribution in [2.75, 3.05) is 7.05 Å². The minimum absolute atomic E-state index is 0.598. The summed E-state index contributed by atoms with van der Waals surface area (Å²) >= 11 is 11.4. The summed E-state index contributed by atoms with van der Waals surface area (Å²) < 4.78 is 0. The molecule has 16 heavy (non-hydrogen) atoms. The van der Waals surface area contributed by atoms with Crippen molar-refractivity contribution in [3.8, 4) is 0 Å². The van der Waals surface area contributed by atoms with Gasteiger partial charge in [0, 0.05) is 24.7 Å². The Kier molecular flexibility index (Phi) is 3.66. The molecule has 1 aromatic rings. The van der Waals surface area contributed by atoms with E-state index in [4.69, 9.17) is 23.8 Å². The van der Waals surface area contributed by atoms with E-state index in [1.807, 2.05) is 36.2 Å². The van der Waals surface area contributed by atoms with Crippen molar-refractivity contribution in [3.63, 3.8) is 0 Å². The molecule has 86 valence electrons. The van der Waals surface area contributed by atoms with Gasteiger partial charge in [-0.1, -0.05) is 29.8 Å². The molecule has 0 unspecified atom stereocenters. The fourth-order valence-corrected chi connectivity index (χ4v) is 1.89. The van der Waals surface area contributed by atoms with E-state index in [-0.39, 0.29) is 0 Å². The number of hydrogen-bond acceptors (Lipinski definition) is 1. The molecule has 4 heteroatoms. The van der Waals surface area contributed by atoms with Crippen LogP contribution in [0.2, 0.25) is 5.02 Å². The highest BCUT2D eigenvalue weighted by Crippen LogP contribution is 2.20. The molecule has 1 fully saturated rings. The Bertz CT molecular complexity index is 390. The normalized spacial score (nSPS) is 14.6. The number of nitrogens with zero attached hydrogens (tertiary/aromatic N) is 1. The van der Waals surface area contributed by atoms with Crippen molar-refractivity contribution in [2.45, 2.75) is 25.4 Å². The van der Waals surface area contributed by atoms with Gasteiger partial charge < -0.3 is 10.2 Å². The Balaban J connectivity index is 1.92. The van der Waals surface area contributed by atoms with Crippen LogP contribution in [0, 0.1) is 0 Å². The van der Waals surface area contributed by atoms with Gasteiger partial charge in [-0.15, -0.1) is 0 Å². The van der Waals surface area contributed by atoms with E-state index in [0.29, 0.717) is 6.04 Å². The highest BCUT2D eigenvalue weighted by atomic mass is 35.5. The quantitative estimate of drug-likeness (QED) is 0.836. The zero-order valence-electron chi connectivity index (χ0n) is 9.24. The van der Waals surface area contributed by atoms with Crippen LogP contribution in [0.25, 0.3) is 0 Å². The molecule has 1 aliphatic rings. The fraction of sp³-hybridized carbons (Fsp3) is 0.417. The van der Waals surface area contributed by atoms with Gasteiger partial charge in [0.2, 0.25) is 0 Å². The summed E-state index contributed by atoms with van der Waals surface area (Å²) in [5, 5.41) is 4.91. The topological polar surface area (TPSA) is 15.3 Å². The number of halogens is 1. The number of thiocarbonyl (C=S) groups is 1. The van der Waals surface area contributed by atoms with Gasteiger partial charge in [-0.25, -0.2) is 0 Å². The molecule has 0 radical (unpaired) electrons. The lowest BCUT2D eigenvalue weighted by atomic mass is 10.2. The first-order chi connectivity index (χ1) is 7.66. The molecular formula is C12H15ClN2S. The summed E-state index contributed by atoms with van der Waals surface area (Å²) in [5.74, 6) is 0. The van der Waals surface area contributed by atoms with E-state index >= 15 is 0 Å². The Morgan fingerprint density at radius 3 is 2.81 bits per heavy atom. The maximum atomic E-state index is 6.10. The van der Waals surface area contributed by atoms with E-state index in [1.165, 1.54) is 12.8 Å². The van der Waals surface area contributed by atoms with E-state index in [0.717, 1.165) is 22.2 Å². The van der Waals surface area contributed by atoms with Gasteiger partial charge in [-0.05, 0) is 36.7 Å². The summed E-state index contributed by atoms with van der Waals surface area (Å²) in [6.45, 7) is 0.748. The molecule has 0 amide bonds. The summed E-state index contributed by atoms with van der Waals surface area (Å²) in [6.07, 6.45) is 2.47. The van der Waals surface area contributed by atoms with Gasteiger partial charge in [0.25, 0.3) is 0 Å². The molecule has 1 aromatic carbocycles. The molecule has 0 saturated heterocycles. The van der Waals surface area contributed by atoms with Crippen LogP contribution >= 0.6 is 23.8 Å². The SMILES string of the molecule is CN(Cc1ccccc1Cl)C(=S)NC1CC1. The molecule has 0 atom stereocenters. The summed E-state index contributed by atoms with van der Waals surface area (Å²) in [4.78, 5) is 2.02. The van der Waals surface area contributed by atoms with Crippen LogP contribution in [0.4, 0.5) is 0 Å². The average Bonchev–Trinajstić information content (AvgIpc) is 3.05. The van der Waals surface area contributed by atoms with Gasteiger partial charge in [0.05, 0.1) is 0 Å². The van der Waals surface area contributed by atoms with Crippen molar-refractivity contribution in [1.82, 2.24) is 10.2 Å². The summed E-state index contributed by atoms with van der Waals surface area (Å²) in [6, 6.07) is 8.46. The molecule has 0 heterocycles. The van der Waals surface area contributed by atoms with Gasteiger partial charge in [-0.3, -0.25) is 0 Å². The lowest BCUT2D eigenvalue weighted by molar-refractivity contribution is 0.488. The third-order valence-corrected chi connectivity index (χ3v) is 3.42. The molecular weight excluding hydrogens is 240 g/mol. The van der Waals surface area contributed by atoms with Crippen LogP contribution in [0.1, 0.15) is 18.4 Å². The molecule has 0 bridgehead atoms. The molecule has 0 aromatic heterocycles. The standard InChI is InChI=1S/C12H15ClN2S/c1-15(12(16)14-10-6-7-10)8-9-4-2-3-5-11(9)13/h2-5,10H,6-8H2,1H3,(H,14,16). The predicted molar refractivity (Wildman–Crippen MR) is 71.7 cm³/mol. The zero-order valence-corrected chi connectivity index (χ0v) is 10.8. The first-order valence-corrected chi connectivity index (χ1v) is 6.20. The monoisotopic (exact) mass is 254 g/mol. The fourth-order valence-electron chi connectivity index (χ4n) is 1.47. The van der Waals surface area contributed by atoms with E-state index in [9.17, 15) is 0 Å². The van der Waals surface area contributed by atoms with Crippen molar-refractivity contribution in [3.05, 3.63) is 34.9 Å². The zero-order chi connectivity index (χ0) is 11.5. The molecule has 2 nitrogen and oxygen atoms in total. The Labute approximate surface area is 107 Å². The lowest BCUT2D eigenvalue weighted by Gasteiger charge is -2.21. The highest BCUT2D eigenvalue weighted by Gasteiger charge is 2.22. The van der Waals surface area contributed by atoms with Crippen LogP contribution in [0.3, 0.4) is 0 Å². The lowest BCUT2D eigenvalue weighted by Crippen LogP contribution is -2.37. The van der Waals surface area contributed by atoms with Crippen LogP contribution < -0.4 is 5.32 Å². The third kappa shape index (κ3) is 3.09. The van der Waals surface area contributed by atoms with Gasteiger partial charge in [-0.2, -0.15) is 0 Å². The molecule has 2 rings (SSSR count). The first-order valence-electron chi connectivity index (χ1n) is 5.42. The highest BCUT2D eigenvalue weighted by molar-refractivity contribution is 7.80. The minimum Gasteiger partial charge on any atom is -0.360 e. The Morgan fingerprint density at radius 1 is 1.50 bits per heavy atom. The van der Waals surface area contributed by atoms with E-state index < -0.39 is 0 Å². The Morgan fingerprint density at radius 2 is 2.19 bits per heavy atom. The second-order valence-electron chi connectivity index (χ2n) is 4.17. The second-order valence-corrected chi connectivity index (χ2v) is 4.97. The summed E-state index contributed by atoms with van der Waals surface area (Å²) in [5.41, 5.74) is 1.10. The number of benzene rings is 1. The van der Waals surface area contributed by atoms with E-state index in [2.05, 4.69) is 5.32 Å². The Hall–Kier alpha value is -0.800. The second kappa shape index (κ2) is 5.02. The smallest absolute Gasteiger partial charge is 0.169 e. The summed E-state index contributed by atoms with van der Waals surface area (Å²) in [7, 11) is 1.99. The van der Waals surface area contributed by atoms with Crippen molar-refractivity contribution < 1.29 is 0 Å². The molecule has 0 aliphatic heterocycles. The number of nitrogens with one attached hydrogen (secondary N) is 1. The van der Waals surface area contributed by atoms with Gasteiger partial charge >= 0.3 is 0 Å². The predicted octanol–water partition coefficient (Wildman–Crippen LogP) is 2.81. The number of rotatable bonds is 3. The molecule has 1 aliphatic carbocycles. The number of hydrogen-bond donors (Lipinski definition) is 1. The van der Waals surface area contributed by atoms with Crippen molar-refractivity contribution >= 4 is 28.9 Å². The van der Waals surface area contributed by atoms with Crippen molar-refractivity contribution in [1.29, 1.82) is 0 Å². The first kappa shape index (κ1) is 11.7. The molecule has 0 spiro atoms. The molecule has 1 saturated carbocycles. The minimum atomic E-state index is 0.598. The molecule has 1 N–H and O–H groups in total. The van der Waals surface area contributed by atoms with Crippen LogP contribution in [0.5, 0.6) is 0 Å². The van der Waals surface area contributed by atoms with Gasteiger partial charge in [0.1, 0.15) is 0 Å². The van der Waals surface area contributed by atoms with Crippen LogP contribution in [0.15, 0.2) is 24.3 Å². The van der Waals surface area contributed by atoms with E-state index in [1.54, 1.807) is 0 Å². The van der Waals surface area contributed by atoms with Crippen LogP contribution in [-0.4, -0.2) is 23.1 Å². The van der Waals surface area contributed by atoms with Crippen molar-refractivity contribution in [2.24, 2.45) is 0 Å². The average molecular weight is 255 g/mol. The maximum Gasteiger partial charge on any atom is 0.169 e. The largest absolute Gasteiger partial charge is 0.360 e. The maximum absolute atomic E-state index is 6.10. The third-order valence-electron chi connectivity index (χ3n) is 2.62. The van der Waals surface area contributed by atoms with Crippen LogP contribution in [-0.2, 0) is 6.54 Å².